The second kappa shape index (κ2) is 18.3. The average molecular weight is 637 g/mol. The Morgan fingerprint density at radius 3 is 0.917 bits per heavy atom. The van der Waals surface area contributed by atoms with Crippen molar-refractivity contribution in [3.8, 4) is 0 Å². The van der Waals surface area contributed by atoms with Gasteiger partial charge in [0.15, 0.2) is 0 Å². The maximum atomic E-state index is 2.50. The first-order chi connectivity index (χ1) is 23.6. The highest BCUT2D eigenvalue weighted by atomic mass is 15.2. The summed E-state index contributed by atoms with van der Waals surface area (Å²) in [5.74, 6) is 0. The van der Waals surface area contributed by atoms with E-state index >= 15 is 0 Å². The van der Waals surface area contributed by atoms with Crippen LogP contribution < -0.4 is 9.80 Å². The Labute approximate surface area is 291 Å². The minimum Gasteiger partial charge on any atom is -0.308 e. The molecule has 0 spiro atoms. The lowest BCUT2D eigenvalue weighted by atomic mass is 9.99. The summed E-state index contributed by atoms with van der Waals surface area (Å²) in [5.41, 5.74) is 12.9. The third-order valence-corrected chi connectivity index (χ3v) is 9.26. The molecule has 0 saturated heterocycles. The first-order valence-corrected chi connectivity index (χ1v) is 18.7. The molecular formula is C46H56N2. The Hall–Kier alpha value is -4.30. The van der Waals surface area contributed by atoms with Crippen molar-refractivity contribution >= 4 is 34.1 Å². The van der Waals surface area contributed by atoms with Gasteiger partial charge in [0.05, 0.1) is 11.4 Å². The number of anilines is 6. The molecular weight excluding hydrogens is 581 g/mol. The van der Waals surface area contributed by atoms with Crippen LogP contribution in [-0.2, 0) is 25.7 Å². The minimum absolute atomic E-state index is 1.11. The van der Waals surface area contributed by atoms with E-state index in [9.17, 15) is 0 Å². The molecule has 0 aliphatic heterocycles. The number of rotatable bonds is 18. The SMILES string of the molecule is CCCCc1cc(CCCC)cc(N(c2ccccc2)c2ccccc2N(c2ccccc2)c2cc(CCCC)cc(CCCC)c2)c1. The van der Waals surface area contributed by atoms with Gasteiger partial charge in [0.25, 0.3) is 0 Å². The van der Waals surface area contributed by atoms with Crippen LogP contribution >= 0.6 is 0 Å². The second-order valence-electron chi connectivity index (χ2n) is 13.3. The Morgan fingerprint density at radius 2 is 0.625 bits per heavy atom. The number of hydrogen-bond donors (Lipinski definition) is 0. The van der Waals surface area contributed by atoms with Gasteiger partial charge in [-0.2, -0.15) is 0 Å². The van der Waals surface area contributed by atoms with Gasteiger partial charge in [0.1, 0.15) is 0 Å². The quantitative estimate of drug-likeness (QED) is 0.0944. The van der Waals surface area contributed by atoms with Gasteiger partial charge in [-0.3, -0.25) is 0 Å². The van der Waals surface area contributed by atoms with Gasteiger partial charge in [0, 0.05) is 22.7 Å². The van der Waals surface area contributed by atoms with Gasteiger partial charge in [-0.05, 0) is 134 Å². The van der Waals surface area contributed by atoms with Crippen LogP contribution in [0.25, 0.3) is 0 Å². The Balaban J connectivity index is 1.74. The van der Waals surface area contributed by atoms with Gasteiger partial charge in [-0.1, -0.05) is 114 Å². The van der Waals surface area contributed by atoms with E-state index in [4.69, 9.17) is 0 Å². The molecule has 250 valence electrons. The Morgan fingerprint density at radius 1 is 0.333 bits per heavy atom. The lowest BCUT2D eigenvalue weighted by Crippen LogP contribution is -2.17. The van der Waals surface area contributed by atoms with Gasteiger partial charge in [0.2, 0.25) is 0 Å². The summed E-state index contributed by atoms with van der Waals surface area (Å²) in [7, 11) is 0. The van der Waals surface area contributed by atoms with E-state index in [-0.39, 0.29) is 0 Å². The summed E-state index contributed by atoms with van der Waals surface area (Å²) in [6.07, 6.45) is 14.0. The molecule has 0 aliphatic carbocycles. The van der Waals surface area contributed by atoms with E-state index in [0.717, 1.165) is 25.7 Å². The third-order valence-electron chi connectivity index (χ3n) is 9.26. The molecule has 5 aromatic rings. The molecule has 0 unspecified atom stereocenters. The minimum atomic E-state index is 1.11. The van der Waals surface area contributed by atoms with Crippen molar-refractivity contribution in [2.45, 2.75) is 105 Å². The van der Waals surface area contributed by atoms with Crippen LogP contribution in [0.4, 0.5) is 34.1 Å². The molecule has 2 heteroatoms. The van der Waals surface area contributed by atoms with E-state index in [0.29, 0.717) is 0 Å². The number of unbranched alkanes of at least 4 members (excludes halogenated alkanes) is 4. The maximum absolute atomic E-state index is 2.50. The predicted octanol–water partition coefficient (Wildman–Crippen LogP) is 14.0. The highest BCUT2D eigenvalue weighted by molar-refractivity contribution is 5.91. The van der Waals surface area contributed by atoms with Crippen LogP contribution in [0.3, 0.4) is 0 Å². The highest BCUT2D eigenvalue weighted by Gasteiger charge is 2.23. The Bertz CT molecular complexity index is 1500. The number of hydrogen-bond acceptors (Lipinski definition) is 2. The van der Waals surface area contributed by atoms with E-state index in [1.165, 1.54) is 108 Å². The average Bonchev–Trinajstić information content (AvgIpc) is 3.13. The fourth-order valence-electron chi connectivity index (χ4n) is 6.70. The molecule has 0 aromatic heterocycles. The van der Waals surface area contributed by atoms with E-state index in [2.05, 4.69) is 159 Å². The van der Waals surface area contributed by atoms with Crippen molar-refractivity contribution in [2.24, 2.45) is 0 Å². The third kappa shape index (κ3) is 9.19. The molecule has 2 nitrogen and oxygen atoms in total. The van der Waals surface area contributed by atoms with Gasteiger partial charge < -0.3 is 9.80 Å². The molecule has 0 radical (unpaired) electrons. The molecule has 5 aromatic carbocycles. The number of nitrogens with zero attached hydrogens (tertiary/aromatic N) is 2. The smallest absolute Gasteiger partial charge is 0.0702 e. The first kappa shape index (κ1) is 35.0. The van der Waals surface area contributed by atoms with Crippen LogP contribution in [0, 0.1) is 0 Å². The number of para-hydroxylation sites is 4. The van der Waals surface area contributed by atoms with Crippen molar-refractivity contribution in [1.29, 1.82) is 0 Å². The molecule has 0 amide bonds. The second-order valence-corrected chi connectivity index (χ2v) is 13.3. The number of benzene rings is 5. The molecule has 0 bridgehead atoms. The van der Waals surface area contributed by atoms with Crippen molar-refractivity contribution in [1.82, 2.24) is 0 Å². The van der Waals surface area contributed by atoms with Crippen molar-refractivity contribution in [2.75, 3.05) is 9.80 Å². The normalized spacial score (nSPS) is 11.1. The zero-order valence-electron chi connectivity index (χ0n) is 29.9. The van der Waals surface area contributed by atoms with Crippen molar-refractivity contribution in [3.05, 3.63) is 144 Å². The van der Waals surface area contributed by atoms with Crippen LogP contribution in [0.2, 0.25) is 0 Å². The fraction of sp³-hybridized carbons (Fsp3) is 0.348. The van der Waals surface area contributed by atoms with Crippen molar-refractivity contribution in [3.63, 3.8) is 0 Å². The summed E-state index contributed by atoms with van der Waals surface area (Å²) in [6.45, 7) is 9.16. The van der Waals surface area contributed by atoms with Gasteiger partial charge in [-0.15, -0.1) is 0 Å². The topological polar surface area (TPSA) is 6.48 Å². The lowest BCUT2D eigenvalue weighted by Gasteiger charge is -2.34. The maximum Gasteiger partial charge on any atom is 0.0702 e. The molecule has 0 heterocycles. The molecule has 5 rings (SSSR count). The molecule has 0 fully saturated rings. The van der Waals surface area contributed by atoms with Crippen LogP contribution in [0.15, 0.2) is 121 Å². The first-order valence-electron chi connectivity index (χ1n) is 18.7. The summed E-state index contributed by atoms with van der Waals surface area (Å²) < 4.78 is 0. The van der Waals surface area contributed by atoms with Crippen LogP contribution in [0.1, 0.15) is 101 Å². The fourth-order valence-corrected chi connectivity index (χ4v) is 6.70. The zero-order valence-corrected chi connectivity index (χ0v) is 29.9. The summed E-state index contributed by atoms with van der Waals surface area (Å²) in [5, 5.41) is 0. The van der Waals surface area contributed by atoms with E-state index in [1.807, 2.05) is 0 Å². The number of aryl methyl sites for hydroxylation is 4. The standard InChI is InChI=1S/C46H56N2/c1-5-9-21-37-31-38(22-10-6-2)34-43(33-37)47(41-25-15-13-16-26-41)45-29-19-20-30-46(45)48(42-27-17-14-18-28-42)44-35-39(23-11-7-3)32-40(36-44)24-12-8-4/h13-20,25-36H,5-12,21-24H2,1-4H3. The molecule has 0 aliphatic rings. The van der Waals surface area contributed by atoms with Crippen molar-refractivity contribution < 1.29 is 0 Å². The van der Waals surface area contributed by atoms with E-state index in [1.54, 1.807) is 0 Å². The van der Waals surface area contributed by atoms with Gasteiger partial charge in [-0.25, -0.2) is 0 Å². The van der Waals surface area contributed by atoms with Crippen LogP contribution in [-0.4, -0.2) is 0 Å². The lowest BCUT2D eigenvalue weighted by molar-refractivity contribution is 0.780. The monoisotopic (exact) mass is 636 g/mol. The molecule has 0 saturated carbocycles. The largest absolute Gasteiger partial charge is 0.308 e. The molecule has 48 heavy (non-hydrogen) atoms. The van der Waals surface area contributed by atoms with Gasteiger partial charge >= 0.3 is 0 Å². The zero-order chi connectivity index (χ0) is 33.6. The summed E-state index contributed by atoms with van der Waals surface area (Å²) in [6, 6.07) is 45.6. The highest BCUT2D eigenvalue weighted by Crippen LogP contribution is 2.46. The predicted molar refractivity (Wildman–Crippen MR) is 210 cm³/mol. The van der Waals surface area contributed by atoms with E-state index < -0.39 is 0 Å². The Kier molecular flexibility index (Phi) is 13.3. The molecule has 0 N–H and O–H groups in total. The summed E-state index contributed by atoms with van der Waals surface area (Å²) >= 11 is 0. The molecule has 0 atom stereocenters. The summed E-state index contributed by atoms with van der Waals surface area (Å²) in [4.78, 5) is 4.99. The van der Waals surface area contributed by atoms with Crippen LogP contribution in [0.5, 0.6) is 0 Å².